The molecule has 72 valence electrons. The first kappa shape index (κ1) is 10.0. The Bertz CT molecular complexity index is 248. The summed E-state index contributed by atoms with van der Waals surface area (Å²) in [6.07, 6.45) is 0. The fourth-order valence-corrected chi connectivity index (χ4v) is 0.947. The summed E-state index contributed by atoms with van der Waals surface area (Å²) in [5.41, 5.74) is 0.693. The van der Waals surface area contributed by atoms with Crippen molar-refractivity contribution in [3.63, 3.8) is 0 Å². The zero-order valence-electron chi connectivity index (χ0n) is 7.66. The average molecular weight is 181 g/mol. The van der Waals surface area contributed by atoms with Gasteiger partial charge in [-0.25, -0.2) is 0 Å². The molecule has 3 heteroatoms. The van der Waals surface area contributed by atoms with E-state index in [2.05, 4.69) is 0 Å². The van der Waals surface area contributed by atoms with E-state index in [1.165, 1.54) is 6.07 Å². The molecule has 0 atom stereocenters. The number of rotatable bonds is 5. The van der Waals surface area contributed by atoms with Gasteiger partial charge in [0.25, 0.3) is 0 Å². The lowest BCUT2D eigenvalue weighted by molar-refractivity contribution is -0.270. The predicted octanol–water partition coefficient (Wildman–Crippen LogP) is 0.923. The minimum Gasteiger partial charge on any atom is -0.872 e. The van der Waals surface area contributed by atoms with E-state index in [1.807, 2.05) is 6.07 Å². The first-order valence-corrected chi connectivity index (χ1v) is 4.16. The standard InChI is InChI=1S/C10H14O3/c1-12-6-7-13-8-9-4-2-3-5-10(9)11/h2-5,11H,6-8H2,1H3/p-1. The van der Waals surface area contributed by atoms with Crippen molar-refractivity contribution in [3.05, 3.63) is 29.8 Å². The number of hydrogen-bond donors (Lipinski definition) is 0. The van der Waals surface area contributed by atoms with Gasteiger partial charge < -0.3 is 14.6 Å². The fourth-order valence-electron chi connectivity index (χ4n) is 0.947. The molecule has 0 N–H and O–H groups in total. The first-order chi connectivity index (χ1) is 6.34. The van der Waals surface area contributed by atoms with Crippen LogP contribution in [0.1, 0.15) is 5.56 Å². The van der Waals surface area contributed by atoms with Gasteiger partial charge in [0.15, 0.2) is 0 Å². The second-order valence-electron chi connectivity index (χ2n) is 2.65. The van der Waals surface area contributed by atoms with Crippen molar-refractivity contribution in [1.29, 1.82) is 0 Å². The maximum atomic E-state index is 11.2. The molecule has 0 unspecified atom stereocenters. The molecule has 0 aliphatic carbocycles. The topological polar surface area (TPSA) is 41.5 Å². The van der Waals surface area contributed by atoms with Crippen LogP contribution in [0.3, 0.4) is 0 Å². The van der Waals surface area contributed by atoms with Crippen molar-refractivity contribution in [1.82, 2.24) is 0 Å². The summed E-state index contributed by atoms with van der Waals surface area (Å²) in [5.74, 6) is 0.0277. The molecular formula is C10H13O3-. The summed E-state index contributed by atoms with van der Waals surface area (Å²) < 4.78 is 10.0. The third kappa shape index (κ3) is 3.44. The zero-order valence-corrected chi connectivity index (χ0v) is 7.66. The van der Waals surface area contributed by atoms with Crippen LogP contribution >= 0.6 is 0 Å². The lowest BCUT2D eigenvalue weighted by atomic mass is 10.2. The molecule has 0 saturated heterocycles. The largest absolute Gasteiger partial charge is 0.872 e. The third-order valence-corrected chi connectivity index (χ3v) is 1.66. The van der Waals surface area contributed by atoms with Crippen molar-refractivity contribution >= 4 is 0 Å². The van der Waals surface area contributed by atoms with Crippen LogP contribution in [0, 0.1) is 0 Å². The summed E-state index contributed by atoms with van der Waals surface area (Å²) in [7, 11) is 1.62. The molecule has 0 aromatic heterocycles. The number of methoxy groups -OCH3 is 1. The number of benzene rings is 1. The van der Waals surface area contributed by atoms with E-state index in [0.29, 0.717) is 25.4 Å². The van der Waals surface area contributed by atoms with Crippen LogP contribution in [0.4, 0.5) is 0 Å². The van der Waals surface area contributed by atoms with Gasteiger partial charge in [-0.2, -0.15) is 0 Å². The van der Waals surface area contributed by atoms with Gasteiger partial charge in [0.05, 0.1) is 19.8 Å². The smallest absolute Gasteiger partial charge is 0.0712 e. The van der Waals surface area contributed by atoms with Gasteiger partial charge in [0.1, 0.15) is 0 Å². The molecule has 0 heterocycles. The Hall–Kier alpha value is -1.06. The quantitative estimate of drug-likeness (QED) is 0.634. The summed E-state index contributed by atoms with van der Waals surface area (Å²) in [4.78, 5) is 0. The normalized spacial score (nSPS) is 10.2. The monoisotopic (exact) mass is 181 g/mol. The van der Waals surface area contributed by atoms with Crippen molar-refractivity contribution in [3.8, 4) is 5.75 Å². The molecule has 0 spiro atoms. The maximum Gasteiger partial charge on any atom is 0.0712 e. The minimum atomic E-state index is 0.0277. The Morgan fingerprint density at radius 3 is 2.69 bits per heavy atom. The van der Waals surface area contributed by atoms with E-state index >= 15 is 0 Å². The minimum absolute atomic E-state index is 0.0277. The Kier molecular flexibility index (Phi) is 4.29. The van der Waals surface area contributed by atoms with Gasteiger partial charge in [-0.1, -0.05) is 24.3 Å². The maximum absolute atomic E-state index is 11.2. The van der Waals surface area contributed by atoms with E-state index in [-0.39, 0.29) is 5.75 Å². The molecular weight excluding hydrogens is 168 g/mol. The summed E-state index contributed by atoms with van der Waals surface area (Å²) in [5, 5.41) is 11.2. The molecule has 0 radical (unpaired) electrons. The molecule has 0 aliphatic heterocycles. The second-order valence-corrected chi connectivity index (χ2v) is 2.65. The summed E-state index contributed by atoms with van der Waals surface area (Å²) >= 11 is 0. The van der Waals surface area contributed by atoms with Crippen molar-refractivity contribution in [2.24, 2.45) is 0 Å². The predicted molar refractivity (Wildman–Crippen MR) is 47.4 cm³/mol. The van der Waals surface area contributed by atoms with Crippen LogP contribution in [0.25, 0.3) is 0 Å². The van der Waals surface area contributed by atoms with Crippen LogP contribution in [0.5, 0.6) is 5.75 Å². The molecule has 0 bridgehead atoms. The number of ether oxygens (including phenoxy) is 2. The number of hydrogen-bond acceptors (Lipinski definition) is 3. The van der Waals surface area contributed by atoms with E-state index in [9.17, 15) is 5.11 Å². The highest BCUT2D eigenvalue weighted by atomic mass is 16.5. The van der Waals surface area contributed by atoms with E-state index < -0.39 is 0 Å². The zero-order chi connectivity index (χ0) is 9.52. The molecule has 0 saturated carbocycles. The highest BCUT2D eigenvalue weighted by molar-refractivity contribution is 5.29. The van der Waals surface area contributed by atoms with Gasteiger partial charge >= 0.3 is 0 Å². The van der Waals surface area contributed by atoms with Gasteiger partial charge in [0, 0.05) is 7.11 Å². The van der Waals surface area contributed by atoms with Gasteiger partial charge in [-0.05, 0) is 5.56 Å². The van der Waals surface area contributed by atoms with Crippen LogP contribution in [-0.2, 0) is 16.1 Å². The Labute approximate surface area is 77.9 Å². The van der Waals surface area contributed by atoms with E-state index in [4.69, 9.17) is 9.47 Å². The van der Waals surface area contributed by atoms with Crippen LogP contribution in [-0.4, -0.2) is 20.3 Å². The van der Waals surface area contributed by atoms with Gasteiger partial charge in [-0.3, -0.25) is 0 Å². The summed E-state index contributed by atoms with van der Waals surface area (Å²) in [6.45, 7) is 1.44. The highest BCUT2D eigenvalue weighted by Gasteiger charge is 1.92. The van der Waals surface area contributed by atoms with Crippen molar-refractivity contribution in [2.45, 2.75) is 6.61 Å². The van der Waals surface area contributed by atoms with Crippen molar-refractivity contribution in [2.75, 3.05) is 20.3 Å². The molecule has 0 aliphatic rings. The highest BCUT2D eigenvalue weighted by Crippen LogP contribution is 2.12. The van der Waals surface area contributed by atoms with Crippen LogP contribution < -0.4 is 5.11 Å². The molecule has 13 heavy (non-hydrogen) atoms. The van der Waals surface area contributed by atoms with Crippen LogP contribution in [0.15, 0.2) is 24.3 Å². The fraction of sp³-hybridized carbons (Fsp3) is 0.400. The Balaban J connectivity index is 2.32. The van der Waals surface area contributed by atoms with Gasteiger partial charge in [0.2, 0.25) is 0 Å². The van der Waals surface area contributed by atoms with Gasteiger partial charge in [-0.15, -0.1) is 5.75 Å². The summed E-state index contributed by atoms with van der Waals surface area (Å²) in [6, 6.07) is 6.86. The SMILES string of the molecule is COCCOCc1ccccc1[O-]. The Morgan fingerprint density at radius 1 is 1.23 bits per heavy atom. The molecule has 0 amide bonds. The first-order valence-electron chi connectivity index (χ1n) is 4.16. The van der Waals surface area contributed by atoms with E-state index in [0.717, 1.165) is 0 Å². The molecule has 0 fully saturated rings. The molecule has 1 aromatic carbocycles. The van der Waals surface area contributed by atoms with E-state index in [1.54, 1.807) is 19.2 Å². The average Bonchev–Trinajstić information content (AvgIpc) is 2.15. The third-order valence-electron chi connectivity index (χ3n) is 1.66. The Morgan fingerprint density at radius 2 is 2.00 bits per heavy atom. The second kappa shape index (κ2) is 5.56. The lowest BCUT2D eigenvalue weighted by Crippen LogP contribution is -2.04. The molecule has 1 rings (SSSR count). The van der Waals surface area contributed by atoms with Crippen molar-refractivity contribution < 1.29 is 14.6 Å². The van der Waals surface area contributed by atoms with Crippen LogP contribution in [0.2, 0.25) is 0 Å². The molecule has 3 nitrogen and oxygen atoms in total. The number of para-hydroxylation sites is 1. The lowest BCUT2D eigenvalue weighted by Gasteiger charge is -2.12. The molecule has 1 aromatic rings.